The van der Waals surface area contributed by atoms with Crippen molar-refractivity contribution < 1.29 is 36.6 Å². The molecular weight excluding hydrogens is 604 g/mol. The molecule has 0 aliphatic heterocycles. The van der Waals surface area contributed by atoms with Crippen LogP contribution in [0.5, 0.6) is 0 Å². The van der Waals surface area contributed by atoms with Crippen molar-refractivity contribution in [1.29, 1.82) is 0 Å². The first-order chi connectivity index (χ1) is 21.4. The van der Waals surface area contributed by atoms with E-state index in [4.69, 9.17) is 4.74 Å². The van der Waals surface area contributed by atoms with E-state index in [0.29, 0.717) is 32.2 Å². The molecule has 2 amide bonds. The van der Waals surface area contributed by atoms with Gasteiger partial charge >= 0.3 is 0 Å². The van der Waals surface area contributed by atoms with Gasteiger partial charge in [0.05, 0.1) is 29.8 Å². The summed E-state index contributed by atoms with van der Waals surface area (Å²) in [7, 11) is -2.40. The molecule has 0 saturated heterocycles. The second kappa shape index (κ2) is 19.6. The molecule has 45 heavy (non-hydrogen) atoms. The van der Waals surface area contributed by atoms with Crippen molar-refractivity contribution in [3.05, 3.63) is 70.8 Å². The molecule has 4 N–H and O–H groups in total. The Hall–Kier alpha value is -2.93. The first-order valence-electron chi connectivity index (χ1n) is 15.6. The number of aliphatic hydroxyl groups excluding tert-OH is 1. The summed E-state index contributed by atoms with van der Waals surface area (Å²) in [6.45, 7) is 6.31. The quantitative estimate of drug-likeness (QED) is 0.162. The Kier molecular flexibility index (Phi) is 16.6. The van der Waals surface area contributed by atoms with Gasteiger partial charge in [0.1, 0.15) is 17.7 Å². The number of aliphatic hydroxyl groups is 1. The molecule has 0 bridgehead atoms. The summed E-state index contributed by atoms with van der Waals surface area (Å²) in [5, 5.41) is 18.9. The lowest BCUT2D eigenvalue weighted by molar-refractivity contribution is -0.129. The number of rotatable bonds is 21. The van der Waals surface area contributed by atoms with Crippen LogP contribution in [0.3, 0.4) is 0 Å². The van der Waals surface area contributed by atoms with E-state index in [1.807, 2.05) is 45.0 Å². The molecule has 2 rings (SSSR count). The van der Waals surface area contributed by atoms with Crippen LogP contribution in [-0.2, 0) is 43.5 Å². The molecular formula is C33H49F2N3O6S. The van der Waals surface area contributed by atoms with Crippen LogP contribution in [0.1, 0.15) is 69.6 Å². The van der Waals surface area contributed by atoms with Crippen LogP contribution in [0, 0.1) is 11.6 Å². The number of carbonyl (C=O) groups is 2. The monoisotopic (exact) mass is 653 g/mol. The van der Waals surface area contributed by atoms with Gasteiger partial charge < -0.3 is 25.8 Å². The number of nitrogens with one attached hydrogen (secondary N) is 3. The Morgan fingerprint density at radius 3 is 2.18 bits per heavy atom. The minimum atomic E-state index is -3.81. The summed E-state index contributed by atoms with van der Waals surface area (Å²) in [4.78, 5) is 26.3. The zero-order chi connectivity index (χ0) is 33.4. The van der Waals surface area contributed by atoms with Gasteiger partial charge in [0.2, 0.25) is 11.8 Å². The van der Waals surface area contributed by atoms with Gasteiger partial charge in [-0.15, -0.1) is 0 Å². The van der Waals surface area contributed by atoms with E-state index >= 15 is 0 Å². The van der Waals surface area contributed by atoms with Crippen LogP contribution in [0.15, 0.2) is 42.5 Å². The molecule has 12 heteroatoms. The Balaban J connectivity index is 2.31. The maximum absolute atomic E-state index is 14.0. The maximum Gasteiger partial charge on any atom is 0.243 e. The Labute approximate surface area is 266 Å². The number of amides is 2. The number of carbonyl (C=O) groups excluding carboxylic acids is 2. The highest BCUT2D eigenvalue weighted by Gasteiger charge is 2.34. The minimum absolute atomic E-state index is 0.0112. The van der Waals surface area contributed by atoms with Crippen molar-refractivity contribution in [3.8, 4) is 0 Å². The zero-order valence-electron chi connectivity index (χ0n) is 26.8. The molecule has 0 radical (unpaired) electrons. The molecule has 2 aromatic rings. The summed E-state index contributed by atoms with van der Waals surface area (Å²) < 4.78 is 59.9. The van der Waals surface area contributed by atoms with E-state index < -0.39 is 62.5 Å². The average Bonchev–Trinajstić information content (AvgIpc) is 2.98. The third-order valence-electron chi connectivity index (χ3n) is 7.57. The molecule has 9 nitrogen and oxygen atoms in total. The molecule has 0 spiro atoms. The van der Waals surface area contributed by atoms with Gasteiger partial charge in [-0.25, -0.2) is 17.2 Å². The Bertz CT molecular complexity index is 1300. The van der Waals surface area contributed by atoms with E-state index in [0.717, 1.165) is 35.7 Å². The van der Waals surface area contributed by atoms with Crippen molar-refractivity contribution >= 4 is 21.7 Å². The zero-order valence-corrected chi connectivity index (χ0v) is 27.6. The molecule has 0 unspecified atom stereocenters. The lowest BCUT2D eigenvalue weighted by atomic mass is 10.00. The SMILES string of the molecule is CCCC(CCC)S(=O)(=O)C[C@@H](NC(=O)CCOC)C(=O)N[C@@H](Cc1cc(F)cc(F)c1)[C@H](O)CNCc1cccc(CC)c1. The molecule has 0 heterocycles. The number of sulfone groups is 1. The molecule has 0 aliphatic carbocycles. The van der Waals surface area contributed by atoms with Crippen molar-refractivity contribution in [2.75, 3.05) is 26.0 Å². The highest BCUT2D eigenvalue weighted by atomic mass is 32.2. The number of aryl methyl sites for hydroxylation is 1. The summed E-state index contributed by atoms with van der Waals surface area (Å²) >= 11 is 0. The fraction of sp³-hybridized carbons (Fsp3) is 0.576. The average molecular weight is 654 g/mol. The third kappa shape index (κ3) is 13.5. The molecule has 252 valence electrons. The summed E-state index contributed by atoms with van der Waals surface area (Å²) in [5.41, 5.74) is 2.33. The van der Waals surface area contributed by atoms with Gasteiger partial charge in [0, 0.05) is 32.7 Å². The van der Waals surface area contributed by atoms with Gasteiger partial charge in [-0.3, -0.25) is 9.59 Å². The van der Waals surface area contributed by atoms with Gasteiger partial charge in [0.15, 0.2) is 9.84 Å². The molecule has 2 aromatic carbocycles. The minimum Gasteiger partial charge on any atom is -0.390 e. The number of halogens is 2. The Morgan fingerprint density at radius 2 is 1.58 bits per heavy atom. The van der Waals surface area contributed by atoms with Gasteiger partial charge in [-0.1, -0.05) is 57.9 Å². The summed E-state index contributed by atoms with van der Waals surface area (Å²) in [6.07, 6.45) is 1.49. The van der Waals surface area contributed by atoms with E-state index in [1.54, 1.807) is 0 Å². The molecule has 0 fully saturated rings. The van der Waals surface area contributed by atoms with E-state index in [1.165, 1.54) is 7.11 Å². The van der Waals surface area contributed by atoms with Gasteiger partial charge in [-0.2, -0.15) is 0 Å². The first-order valence-corrected chi connectivity index (χ1v) is 17.4. The largest absolute Gasteiger partial charge is 0.390 e. The normalized spacial score (nSPS) is 13.8. The van der Waals surface area contributed by atoms with E-state index in [2.05, 4.69) is 16.0 Å². The van der Waals surface area contributed by atoms with Crippen molar-refractivity contribution in [2.45, 2.75) is 95.7 Å². The van der Waals surface area contributed by atoms with Gasteiger partial charge in [0.25, 0.3) is 0 Å². The number of hydrogen-bond acceptors (Lipinski definition) is 7. The number of methoxy groups -OCH3 is 1. The lowest BCUT2D eigenvalue weighted by Gasteiger charge is -2.28. The molecule has 0 aliphatic rings. The van der Waals surface area contributed by atoms with Crippen LogP contribution in [-0.4, -0.2) is 74.8 Å². The number of benzene rings is 2. The van der Waals surface area contributed by atoms with Crippen LogP contribution < -0.4 is 16.0 Å². The van der Waals surface area contributed by atoms with Crippen molar-refractivity contribution in [1.82, 2.24) is 16.0 Å². The second-order valence-corrected chi connectivity index (χ2v) is 13.7. The predicted molar refractivity (Wildman–Crippen MR) is 171 cm³/mol. The second-order valence-electron chi connectivity index (χ2n) is 11.4. The highest BCUT2D eigenvalue weighted by Crippen LogP contribution is 2.18. The van der Waals surface area contributed by atoms with E-state index in [9.17, 15) is 31.9 Å². The number of ether oxygens (including phenoxy) is 1. The van der Waals surface area contributed by atoms with Crippen LogP contribution in [0.2, 0.25) is 0 Å². The van der Waals surface area contributed by atoms with Gasteiger partial charge in [-0.05, 0) is 54.5 Å². The summed E-state index contributed by atoms with van der Waals surface area (Å²) in [5.74, 6) is -3.66. The fourth-order valence-corrected chi connectivity index (χ4v) is 7.34. The molecule has 0 saturated carbocycles. The number of hydrogen-bond donors (Lipinski definition) is 4. The molecule has 3 atom stereocenters. The third-order valence-corrected chi connectivity index (χ3v) is 9.85. The topological polar surface area (TPSA) is 134 Å². The highest BCUT2D eigenvalue weighted by molar-refractivity contribution is 7.92. The smallest absolute Gasteiger partial charge is 0.243 e. The van der Waals surface area contributed by atoms with Crippen LogP contribution in [0.25, 0.3) is 0 Å². The first kappa shape index (κ1) is 38.3. The van der Waals surface area contributed by atoms with E-state index in [-0.39, 0.29) is 31.6 Å². The molecule has 0 aromatic heterocycles. The van der Waals surface area contributed by atoms with Crippen molar-refractivity contribution in [2.24, 2.45) is 0 Å². The summed E-state index contributed by atoms with van der Waals surface area (Å²) in [6, 6.07) is 8.33. The Morgan fingerprint density at radius 1 is 0.933 bits per heavy atom. The lowest BCUT2D eigenvalue weighted by Crippen LogP contribution is -2.57. The van der Waals surface area contributed by atoms with Crippen LogP contribution in [0.4, 0.5) is 8.78 Å². The van der Waals surface area contributed by atoms with Crippen LogP contribution >= 0.6 is 0 Å². The maximum atomic E-state index is 14.0. The predicted octanol–water partition coefficient (Wildman–Crippen LogP) is 3.61. The fourth-order valence-electron chi connectivity index (χ4n) is 5.18. The standard InChI is InChI=1S/C33H49F2N3O6S/c1-5-9-28(10-6-2)45(42,43)22-30(37-32(40)13-14-44-4)33(41)38-29(18-25-16-26(34)19-27(35)17-25)31(39)21-36-20-24-12-8-11-23(7-3)15-24/h8,11-12,15-17,19,28-31,36,39H,5-7,9-10,13-14,18,20-22H2,1-4H3,(H,37,40)(H,38,41)/t29-,30+,31+/m0/s1. The van der Waals surface area contributed by atoms with Crippen molar-refractivity contribution in [3.63, 3.8) is 0 Å².